The number of aryl methyl sites for hydroxylation is 1. The van der Waals surface area contributed by atoms with Gasteiger partial charge in [0.15, 0.2) is 0 Å². The van der Waals surface area contributed by atoms with Gasteiger partial charge in [0, 0.05) is 24.5 Å². The van der Waals surface area contributed by atoms with Crippen molar-refractivity contribution in [1.82, 2.24) is 9.29 Å². The second-order valence-corrected chi connectivity index (χ2v) is 7.77. The summed E-state index contributed by atoms with van der Waals surface area (Å²) in [4.78, 5) is 11.2. The summed E-state index contributed by atoms with van der Waals surface area (Å²) in [5, 5.41) is 9.13. The number of carboxylic acid groups (broad SMARTS) is 1. The molecule has 0 spiro atoms. The second-order valence-electron chi connectivity index (χ2n) is 4.74. The Morgan fingerprint density at radius 1 is 1.48 bits per heavy atom. The van der Waals surface area contributed by atoms with E-state index in [1.807, 2.05) is 13.8 Å². The van der Waals surface area contributed by atoms with Crippen molar-refractivity contribution in [2.45, 2.75) is 44.7 Å². The molecule has 1 rings (SSSR count). The van der Waals surface area contributed by atoms with Crippen LogP contribution in [0.25, 0.3) is 0 Å². The molecule has 0 radical (unpaired) electrons. The standard InChI is InChI=1S/C13H22N2O4S2/c1-4-6-15-8-11(7-12(15)13(16)17)21(18,19)14-10(3)9-20-5-2/h7-8,10,14H,4-6,9H2,1-3H3,(H,16,17). The quantitative estimate of drug-likeness (QED) is 0.721. The molecular weight excluding hydrogens is 312 g/mol. The topological polar surface area (TPSA) is 88.4 Å². The first-order valence-corrected chi connectivity index (χ1v) is 9.49. The summed E-state index contributed by atoms with van der Waals surface area (Å²) in [6.45, 7) is 6.18. The summed E-state index contributed by atoms with van der Waals surface area (Å²) < 4.78 is 28.6. The van der Waals surface area contributed by atoms with Crippen LogP contribution in [0.3, 0.4) is 0 Å². The first kappa shape index (κ1) is 18.1. The maximum absolute atomic E-state index is 12.3. The number of nitrogens with one attached hydrogen (secondary N) is 1. The first-order valence-electron chi connectivity index (χ1n) is 6.85. The maximum Gasteiger partial charge on any atom is 0.352 e. The number of carbonyl (C=O) groups is 1. The highest BCUT2D eigenvalue weighted by atomic mass is 32.2. The Hall–Kier alpha value is -0.990. The predicted molar refractivity (Wildman–Crippen MR) is 84.5 cm³/mol. The largest absolute Gasteiger partial charge is 0.477 e. The zero-order chi connectivity index (χ0) is 16.0. The summed E-state index contributed by atoms with van der Waals surface area (Å²) >= 11 is 1.65. The molecule has 0 aliphatic rings. The molecule has 6 nitrogen and oxygen atoms in total. The average Bonchev–Trinajstić information content (AvgIpc) is 2.81. The van der Waals surface area contributed by atoms with Crippen molar-refractivity contribution in [2.75, 3.05) is 11.5 Å². The zero-order valence-corrected chi connectivity index (χ0v) is 14.1. The smallest absolute Gasteiger partial charge is 0.352 e. The molecule has 21 heavy (non-hydrogen) atoms. The molecule has 0 bridgehead atoms. The van der Waals surface area contributed by atoms with Gasteiger partial charge in [0.1, 0.15) is 10.6 Å². The third-order valence-electron chi connectivity index (χ3n) is 2.79. The fourth-order valence-electron chi connectivity index (χ4n) is 1.90. The van der Waals surface area contributed by atoms with E-state index >= 15 is 0 Å². The molecular formula is C13H22N2O4S2. The van der Waals surface area contributed by atoms with Gasteiger partial charge in [0.05, 0.1) is 0 Å². The summed E-state index contributed by atoms with van der Waals surface area (Å²) in [5.74, 6) is 0.471. The molecule has 0 fully saturated rings. The number of rotatable bonds is 9. The van der Waals surface area contributed by atoms with Crippen molar-refractivity contribution >= 4 is 27.8 Å². The number of hydrogen-bond acceptors (Lipinski definition) is 4. The molecule has 2 N–H and O–H groups in total. The molecule has 1 aromatic rings. The Labute approximate surface area is 130 Å². The van der Waals surface area contributed by atoms with Crippen LogP contribution in [0.15, 0.2) is 17.2 Å². The molecule has 0 amide bonds. The van der Waals surface area contributed by atoms with Crippen LogP contribution in [-0.2, 0) is 16.6 Å². The highest BCUT2D eigenvalue weighted by Crippen LogP contribution is 2.16. The van der Waals surface area contributed by atoms with Gasteiger partial charge in [-0.05, 0) is 25.2 Å². The van der Waals surface area contributed by atoms with E-state index in [1.54, 1.807) is 18.7 Å². The van der Waals surface area contributed by atoms with Crippen LogP contribution in [-0.4, -0.2) is 41.6 Å². The Morgan fingerprint density at radius 2 is 2.14 bits per heavy atom. The Kier molecular flexibility index (Phi) is 6.76. The van der Waals surface area contributed by atoms with E-state index in [-0.39, 0.29) is 16.6 Å². The fourth-order valence-corrected chi connectivity index (χ4v) is 3.96. The molecule has 0 aliphatic carbocycles. The zero-order valence-electron chi connectivity index (χ0n) is 12.5. The van der Waals surface area contributed by atoms with E-state index in [0.717, 1.165) is 12.2 Å². The molecule has 0 aromatic carbocycles. The number of thioether (sulfide) groups is 1. The van der Waals surface area contributed by atoms with E-state index in [2.05, 4.69) is 4.72 Å². The highest BCUT2D eigenvalue weighted by molar-refractivity contribution is 7.99. The van der Waals surface area contributed by atoms with Crippen LogP contribution < -0.4 is 4.72 Å². The number of sulfonamides is 1. The lowest BCUT2D eigenvalue weighted by Gasteiger charge is -2.12. The van der Waals surface area contributed by atoms with Gasteiger partial charge in [-0.1, -0.05) is 13.8 Å². The summed E-state index contributed by atoms with van der Waals surface area (Å²) in [6, 6.07) is 1.00. The minimum atomic E-state index is -3.69. The molecule has 8 heteroatoms. The number of carboxylic acids is 1. The Bertz CT molecular complexity index is 581. The average molecular weight is 334 g/mol. The van der Waals surface area contributed by atoms with Crippen molar-refractivity contribution in [1.29, 1.82) is 0 Å². The van der Waals surface area contributed by atoms with Gasteiger partial charge in [0.2, 0.25) is 10.0 Å². The normalized spacial score (nSPS) is 13.3. The number of hydrogen-bond donors (Lipinski definition) is 2. The van der Waals surface area contributed by atoms with Crippen molar-refractivity contribution in [3.8, 4) is 0 Å². The SMILES string of the molecule is CCCn1cc(S(=O)(=O)NC(C)CSCC)cc1C(=O)O. The predicted octanol–water partition coefficient (Wildman–Crippen LogP) is 2.02. The molecule has 1 atom stereocenters. The van der Waals surface area contributed by atoms with E-state index in [4.69, 9.17) is 5.11 Å². The fraction of sp³-hybridized carbons (Fsp3) is 0.615. The van der Waals surface area contributed by atoms with E-state index < -0.39 is 16.0 Å². The van der Waals surface area contributed by atoms with Gasteiger partial charge < -0.3 is 9.67 Å². The van der Waals surface area contributed by atoms with Crippen LogP contribution >= 0.6 is 11.8 Å². The minimum Gasteiger partial charge on any atom is -0.477 e. The van der Waals surface area contributed by atoms with Crippen LogP contribution in [0.4, 0.5) is 0 Å². The number of aromatic carboxylic acids is 1. The second kappa shape index (κ2) is 7.86. The molecule has 1 heterocycles. The summed E-state index contributed by atoms with van der Waals surface area (Å²) in [5.41, 5.74) is -0.00666. The van der Waals surface area contributed by atoms with Gasteiger partial charge in [-0.25, -0.2) is 17.9 Å². The van der Waals surface area contributed by atoms with E-state index in [0.29, 0.717) is 12.3 Å². The van der Waals surface area contributed by atoms with Crippen molar-refractivity contribution < 1.29 is 18.3 Å². The molecule has 1 unspecified atom stereocenters. The number of aromatic nitrogens is 1. The van der Waals surface area contributed by atoms with Crippen molar-refractivity contribution in [2.24, 2.45) is 0 Å². The number of nitrogens with zero attached hydrogens (tertiary/aromatic N) is 1. The lowest BCUT2D eigenvalue weighted by atomic mass is 10.4. The van der Waals surface area contributed by atoms with Crippen LogP contribution in [0.5, 0.6) is 0 Å². The maximum atomic E-state index is 12.3. The van der Waals surface area contributed by atoms with Crippen LogP contribution in [0, 0.1) is 0 Å². The molecule has 0 saturated heterocycles. The third-order valence-corrected chi connectivity index (χ3v) is 5.49. The summed E-state index contributed by atoms with van der Waals surface area (Å²) in [6.07, 6.45) is 2.11. The van der Waals surface area contributed by atoms with Crippen LogP contribution in [0.2, 0.25) is 0 Å². The van der Waals surface area contributed by atoms with Crippen molar-refractivity contribution in [3.05, 3.63) is 18.0 Å². The lowest BCUT2D eigenvalue weighted by molar-refractivity contribution is 0.0685. The molecule has 1 aromatic heterocycles. The lowest BCUT2D eigenvalue weighted by Crippen LogP contribution is -2.34. The highest BCUT2D eigenvalue weighted by Gasteiger charge is 2.22. The molecule has 0 aliphatic heterocycles. The third kappa shape index (κ3) is 5.05. The van der Waals surface area contributed by atoms with Crippen molar-refractivity contribution in [3.63, 3.8) is 0 Å². The van der Waals surface area contributed by atoms with Gasteiger partial charge in [-0.3, -0.25) is 0 Å². The molecule has 0 saturated carbocycles. The van der Waals surface area contributed by atoms with E-state index in [1.165, 1.54) is 16.8 Å². The molecule has 120 valence electrons. The van der Waals surface area contributed by atoms with Gasteiger partial charge in [-0.15, -0.1) is 0 Å². The van der Waals surface area contributed by atoms with Crippen LogP contribution in [0.1, 0.15) is 37.7 Å². The van der Waals surface area contributed by atoms with Gasteiger partial charge in [-0.2, -0.15) is 11.8 Å². The van der Waals surface area contributed by atoms with E-state index in [9.17, 15) is 13.2 Å². The first-order chi connectivity index (χ1) is 9.81. The van der Waals surface area contributed by atoms with Gasteiger partial charge in [0.25, 0.3) is 0 Å². The van der Waals surface area contributed by atoms with Gasteiger partial charge >= 0.3 is 5.97 Å². The Balaban J connectivity index is 2.97. The minimum absolute atomic E-state index is 0.00157. The monoisotopic (exact) mass is 334 g/mol. The Morgan fingerprint density at radius 3 is 2.67 bits per heavy atom. The summed E-state index contributed by atoms with van der Waals surface area (Å²) in [7, 11) is -3.69.